The molecule has 0 spiro atoms. The van der Waals surface area contributed by atoms with Crippen molar-refractivity contribution in [2.45, 2.75) is 26.3 Å². The fourth-order valence-corrected chi connectivity index (χ4v) is 2.33. The Labute approximate surface area is 130 Å². The summed E-state index contributed by atoms with van der Waals surface area (Å²) in [4.78, 5) is 18.6. The van der Waals surface area contributed by atoms with Gasteiger partial charge in [0.25, 0.3) is 0 Å². The summed E-state index contributed by atoms with van der Waals surface area (Å²) >= 11 is 0. The van der Waals surface area contributed by atoms with Crippen LogP contribution in [0.15, 0.2) is 24.3 Å². The third-order valence-corrected chi connectivity index (χ3v) is 3.45. The Kier molecular flexibility index (Phi) is 5.27. The molecule has 0 fully saturated rings. The normalized spacial score (nSPS) is 12.4. The van der Waals surface area contributed by atoms with Crippen molar-refractivity contribution in [3.8, 4) is 0 Å². The van der Waals surface area contributed by atoms with E-state index in [2.05, 4.69) is 20.5 Å². The van der Waals surface area contributed by atoms with Crippen LogP contribution in [0.5, 0.6) is 0 Å². The van der Waals surface area contributed by atoms with Gasteiger partial charge in [0.2, 0.25) is 5.91 Å². The lowest BCUT2D eigenvalue weighted by Crippen LogP contribution is -2.38. The zero-order valence-electron chi connectivity index (χ0n) is 13.6. The summed E-state index contributed by atoms with van der Waals surface area (Å²) in [5.74, 6) is 1.49. The molecule has 2 rings (SSSR count). The van der Waals surface area contributed by atoms with Crippen molar-refractivity contribution in [3.05, 3.63) is 47.0 Å². The summed E-state index contributed by atoms with van der Waals surface area (Å²) in [5.41, 5.74) is 2.17. The van der Waals surface area contributed by atoms with Crippen LogP contribution in [-0.4, -0.2) is 46.6 Å². The summed E-state index contributed by atoms with van der Waals surface area (Å²) in [7, 11) is 3.81. The minimum atomic E-state index is -0.297. The summed E-state index contributed by atoms with van der Waals surface area (Å²) in [6.07, 6.45) is 0.615. The van der Waals surface area contributed by atoms with Crippen LogP contribution in [0.1, 0.15) is 28.8 Å². The highest BCUT2D eigenvalue weighted by atomic mass is 16.2. The van der Waals surface area contributed by atoms with Crippen molar-refractivity contribution in [2.75, 3.05) is 20.6 Å². The average molecular weight is 301 g/mol. The monoisotopic (exact) mass is 301 g/mol. The second kappa shape index (κ2) is 7.17. The van der Waals surface area contributed by atoms with Crippen molar-refractivity contribution in [2.24, 2.45) is 0 Å². The molecule has 0 saturated carbocycles. The van der Waals surface area contributed by atoms with Gasteiger partial charge in [-0.2, -0.15) is 5.10 Å². The molecular weight excluding hydrogens is 278 g/mol. The van der Waals surface area contributed by atoms with Crippen LogP contribution in [0.4, 0.5) is 0 Å². The van der Waals surface area contributed by atoms with Crippen molar-refractivity contribution in [1.82, 2.24) is 25.4 Å². The summed E-state index contributed by atoms with van der Waals surface area (Å²) in [6, 6.07) is 7.75. The van der Waals surface area contributed by atoms with Crippen molar-refractivity contribution in [1.29, 1.82) is 0 Å². The number of hydrogen-bond acceptors (Lipinski definition) is 4. The van der Waals surface area contributed by atoms with Gasteiger partial charge in [-0.15, -0.1) is 0 Å². The third kappa shape index (κ3) is 4.14. The Balaban J connectivity index is 1.96. The molecule has 0 saturated heterocycles. The van der Waals surface area contributed by atoms with Crippen LogP contribution in [0, 0.1) is 13.8 Å². The van der Waals surface area contributed by atoms with E-state index in [1.807, 2.05) is 57.1 Å². The number of aryl methyl sites for hydroxylation is 2. The number of hydrogen-bond donors (Lipinski definition) is 2. The van der Waals surface area contributed by atoms with Crippen molar-refractivity contribution >= 4 is 5.91 Å². The van der Waals surface area contributed by atoms with Gasteiger partial charge in [-0.25, -0.2) is 4.98 Å². The first-order chi connectivity index (χ1) is 10.5. The SMILES string of the molecule is Cc1ccc(C(C(=O)NCCc2n[nH]c(C)n2)N(C)C)cc1. The fraction of sp³-hybridized carbons (Fsp3) is 0.438. The molecule has 0 aliphatic rings. The Morgan fingerprint density at radius 2 is 1.95 bits per heavy atom. The molecule has 118 valence electrons. The van der Waals surface area contributed by atoms with Crippen molar-refractivity contribution < 1.29 is 4.79 Å². The number of benzene rings is 1. The first kappa shape index (κ1) is 16.2. The van der Waals surface area contributed by atoms with Gasteiger partial charge < -0.3 is 5.32 Å². The number of aromatic nitrogens is 3. The number of likely N-dealkylation sites (N-methyl/N-ethyl adjacent to an activating group) is 1. The van der Waals surface area contributed by atoms with Crippen LogP contribution in [0.3, 0.4) is 0 Å². The lowest BCUT2D eigenvalue weighted by atomic mass is 10.0. The fourth-order valence-electron chi connectivity index (χ4n) is 2.33. The molecule has 6 nitrogen and oxygen atoms in total. The molecule has 0 radical (unpaired) electrons. The molecule has 1 heterocycles. The minimum absolute atomic E-state index is 0.0129. The van der Waals surface area contributed by atoms with E-state index in [1.54, 1.807) is 0 Å². The number of nitrogens with one attached hydrogen (secondary N) is 2. The van der Waals surface area contributed by atoms with E-state index in [0.29, 0.717) is 13.0 Å². The van der Waals surface area contributed by atoms with Gasteiger partial charge in [-0.3, -0.25) is 14.8 Å². The Morgan fingerprint density at radius 1 is 1.27 bits per heavy atom. The Hall–Kier alpha value is -2.21. The molecular formula is C16H23N5O. The molecule has 1 amide bonds. The second-order valence-corrected chi connectivity index (χ2v) is 5.65. The van der Waals surface area contributed by atoms with E-state index >= 15 is 0 Å². The summed E-state index contributed by atoms with van der Waals surface area (Å²) in [5, 5.41) is 9.82. The maximum atomic E-state index is 12.5. The number of aromatic amines is 1. The van der Waals surface area contributed by atoms with Gasteiger partial charge in [0.05, 0.1) is 0 Å². The zero-order chi connectivity index (χ0) is 16.1. The number of nitrogens with zero attached hydrogens (tertiary/aromatic N) is 3. The number of carbonyl (C=O) groups is 1. The van der Waals surface area contributed by atoms with Crippen LogP contribution < -0.4 is 5.32 Å². The molecule has 2 N–H and O–H groups in total. The Bertz CT molecular complexity index is 618. The zero-order valence-corrected chi connectivity index (χ0v) is 13.6. The lowest BCUT2D eigenvalue weighted by molar-refractivity contribution is -0.125. The largest absolute Gasteiger partial charge is 0.354 e. The van der Waals surface area contributed by atoms with Gasteiger partial charge in [-0.05, 0) is 33.5 Å². The van der Waals surface area contributed by atoms with Crippen LogP contribution in [0.25, 0.3) is 0 Å². The highest BCUT2D eigenvalue weighted by Gasteiger charge is 2.22. The van der Waals surface area contributed by atoms with E-state index in [4.69, 9.17) is 0 Å². The van der Waals surface area contributed by atoms with Gasteiger partial charge >= 0.3 is 0 Å². The standard InChI is InChI=1S/C16H23N5O/c1-11-5-7-13(8-6-11)15(21(3)4)16(22)17-10-9-14-18-12(2)19-20-14/h5-8,15H,9-10H2,1-4H3,(H,17,22)(H,18,19,20). The van der Waals surface area contributed by atoms with E-state index in [0.717, 1.165) is 17.2 Å². The third-order valence-electron chi connectivity index (χ3n) is 3.45. The molecule has 1 atom stereocenters. The molecule has 0 bridgehead atoms. The highest BCUT2D eigenvalue weighted by Crippen LogP contribution is 2.18. The predicted octanol–water partition coefficient (Wildman–Crippen LogP) is 1.38. The molecule has 0 aliphatic carbocycles. The van der Waals surface area contributed by atoms with Gasteiger partial charge in [-0.1, -0.05) is 29.8 Å². The maximum absolute atomic E-state index is 12.5. The number of carbonyl (C=O) groups excluding carboxylic acids is 1. The van der Waals surface area contributed by atoms with Crippen LogP contribution in [0.2, 0.25) is 0 Å². The molecule has 1 aromatic heterocycles. The van der Waals surface area contributed by atoms with Gasteiger partial charge in [0.15, 0.2) is 5.82 Å². The van der Waals surface area contributed by atoms with E-state index in [1.165, 1.54) is 5.56 Å². The van der Waals surface area contributed by atoms with Crippen LogP contribution in [-0.2, 0) is 11.2 Å². The van der Waals surface area contributed by atoms with Gasteiger partial charge in [0, 0.05) is 13.0 Å². The summed E-state index contributed by atoms with van der Waals surface area (Å²) < 4.78 is 0. The molecule has 6 heteroatoms. The predicted molar refractivity (Wildman–Crippen MR) is 85.4 cm³/mol. The quantitative estimate of drug-likeness (QED) is 0.845. The lowest BCUT2D eigenvalue weighted by Gasteiger charge is -2.24. The smallest absolute Gasteiger partial charge is 0.241 e. The maximum Gasteiger partial charge on any atom is 0.241 e. The highest BCUT2D eigenvalue weighted by molar-refractivity contribution is 5.83. The first-order valence-electron chi connectivity index (χ1n) is 7.36. The summed E-state index contributed by atoms with van der Waals surface area (Å²) in [6.45, 7) is 4.41. The van der Waals surface area contributed by atoms with Crippen LogP contribution >= 0.6 is 0 Å². The molecule has 2 aromatic rings. The molecule has 1 unspecified atom stereocenters. The van der Waals surface area contributed by atoms with Gasteiger partial charge in [0.1, 0.15) is 11.9 Å². The van der Waals surface area contributed by atoms with E-state index in [9.17, 15) is 4.79 Å². The molecule has 22 heavy (non-hydrogen) atoms. The average Bonchev–Trinajstić information content (AvgIpc) is 2.86. The Morgan fingerprint density at radius 3 is 2.50 bits per heavy atom. The molecule has 1 aromatic carbocycles. The number of rotatable bonds is 6. The van der Waals surface area contributed by atoms with E-state index < -0.39 is 0 Å². The van der Waals surface area contributed by atoms with E-state index in [-0.39, 0.29) is 11.9 Å². The number of H-pyrrole nitrogens is 1. The number of amides is 1. The second-order valence-electron chi connectivity index (χ2n) is 5.65. The first-order valence-corrected chi connectivity index (χ1v) is 7.36. The molecule has 0 aliphatic heterocycles. The van der Waals surface area contributed by atoms with Crippen molar-refractivity contribution in [3.63, 3.8) is 0 Å². The minimum Gasteiger partial charge on any atom is -0.354 e. The topological polar surface area (TPSA) is 73.9 Å².